The van der Waals surface area contributed by atoms with E-state index in [2.05, 4.69) is 29.6 Å². The zero-order valence-corrected chi connectivity index (χ0v) is 20.4. The number of rotatable bonds is 8. The van der Waals surface area contributed by atoms with Crippen molar-refractivity contribution in [2.24, 2.45) is 11.8 Å². The summed E-state index contributed by atoms with van der Waals surface area (Å²) in [4.78, 5) is 39.3. The summed E-state index contributed by atoms with van der Waals surface area (Å²) in [6.45, 7) is 4.78. The lowest BCUT2D eigenvalue weighted by molar-refractivity contribution is -0.148. The van der Waals surface area contributed by atoms with Crippen LogP contribution in [0.1, 0.15) is 56.6 Å². The number of ether oxygens (including phenoxy) is 1. The summed E-state index contributed by atoms with van der Waals surface area (Å²) in [6, 6.07) is 15.5. The zero-order valence-electron chi connectivity index (χ0n) is 20.4. The largest absolute Gasteiger partial charge is 0.481 e. The van der Waals surface area contributed by atoms with E-state index in [9.17, 15) is 19.5 Å². The summed E-state index contributed by atoms with van der Waals surface area (Å²) in [5.74, 6) is -1.75. The first kappa shape index (κ1) is 24.8. The first-order valence-electron chi connectivity index (χ1n) is 12.5. The van der Waals surface area contributed by atoms with Gasteiger partial charge in [-0.3, -0.25) is 9.59 Å². The van der Waals surface area contributed by atoms with Gasteiger partial charge < -0.3 is 20.1 Å². The first-order chi connectivity index (χ1) is 16.9. The number of carboxylic acids is 1. The molecule has 7 nitrogen and oxygen atoms in total. The van der Waals surface area contributed by atoms with Crippen LogP contribution < -0.4 is 5.32 Å². The summed E-state index contributed by atoms with van der Waals surface area (Å²) < 4.78 is 5.65. The number of carbonyl (C=O) groups is 3. The Morgan fingerprint density at radius 3 is 2.31 bits per heavy atom. The molecule has 3 atom stereocenters. The standard InChI is InChI=1S/C28H34N2O5/c1-3-4-13-25(26(31)30-15-14-18(2)23(16-30)27(32)33)29-28(34)35-17-24-21-11-7-5-9-19(21)20-10-6-8-12-22(20)24/h5-12,18,23-25H,3-4,13-17H2,1-2H3,(H,29,34)(H,32,33)/t18?,23?,25-/m0/s1. The minimum Gasteiger partial charge on any atom is -0.481 e. The number of benzene rings is 2. The van der Waals surface area contributed by atoms with Crippen molar-refractivity contribution >= 4 is 18.0 Å². The molecule has 186 valence electrons. The number of nitrogens with one attached hydrogen (secondary N) is 1. The van der Waals surface area contributed by atoms with Gasteiger partial charge in [-0.15, -0.1) is 0 Å². The van der Waals surface area contributed by atoms with Crippen molar-refractivity contribution in [3.05, 3.63) is 59.7 Å². The number of amides is 2. The molecule has 0 radical (unpaired) electrons. The van der Waals surface area contributed by atoms with Crippen LogP contribution in [-0.2, 0) is 14.3 Å². The van der Waals surface area contributed by atoms with Crippen LogP contribution in [0.3, 0.4) is 0 Å². The van der Waals surface area contributed by atoms with E-state index in [1.54, 1.807) is 4.90 Å². The van der Waals surface area contributed by atoms with Gasteiger partial charge in [0.15, 0.2) is 0 Å². The van der Waals surface area contributed by atoms with Gasteiger partial charge >= 0.3 is 12.1 Å². The average Bonchev–Trinajstić information content (AvgIpc) is 3.18. The van der Waals surface area contributed by atoms with E-state index in [0.717, 1.165) is 35.1 Å². The van der Waals surface area contributed by atoms with Gasteiger partial charge in [-0.25, -0.2) is 4.79 Å². The molecule has 1 heterocycles. The number of hydrogen-bond donors (Lipinski definition) is 2. The Labute approximate surface area is 206 Å². The fraction of sp³-hybridized carbons (Fsp3) is 0.464. The number of aliphatic carboxylic acids is 1. The van der Waals surface area contributed by atoms with Crippen LogP contribution in [0.25, 0.3) is 11.1 Å². The lowest BCUT2D eigenvalue weighted by atomic mass is 9.87. The van der Waals surface area contributed by atoms with Crippen LogP contribution in [0.2, 0.25) is 0 Å². The van der Waals surface area contributed by atoms with E-state index in [4.69, 9.17) is 4.74 Å². The van der Waals surface area contributed by atoms with Crippen molar-refractivity contribution in [3.63, 3.8) is 0 Å². The van der Waals surface area contributed by atoms with Crippen LogP contribution in [0.4, 0.5) is 4.79 Å². The van der Waals surface area contributed by atoms with E-state index in [0.29, 0.717) is 19.4 Å². The third kappa shape index (κ3) is 5.34. The monoisotopic (exact) mass is 478 g/mol. The first-order valence-corrected chi connectivity index (χ1v) is 12.5. The van der Waals surface area contributed by atoms with Crippen LogP contribution in [0.5, 0.6) is 0 Å². The fourth-order valence-electron chi connectivity index (χ4n) is 5.26. The number of hydrogen-bond acceptors (Lipinski definition) is 4. The van der Waals surface area contributed by atoms with Crippen molar-refractivity contribution < 1.29 is 24.2 Å². The van der Waals surface area contributed by atoms with E-state index in [-0.39, 0.29) is 30.9 Å². The summed E-state index contributed by atoms with van der Waals surface area (Å²) in [6.07, 6.45) is 2.15. The maximum atomic E-state index is 13.3. The summed E-state index contributed by atoms with van der Waals surface area (Å²) in [7, 11) is 0. The van der Waals surface area contributed by atoms with Crippen molar-refractivity contribution in [2.75, 3.05) is 19.7 Å². The van der Waals surface area contributed by atoms with Gasteiger partial charge in [0.05, 0.1) is 5.92 Å². The Morgan fingerprint density at radius 1 is 1.09 bits per heavy atom. The van der Waals surface area contributed by atoms with Gasteiger partial charge in [0.25, 0.3) is 0 Å². The van der Waals surface area contributed by atoms with Gasteiger partial charge in [0.2, 0.25) is 5.91 Å². The fourth-order valence-corrected chi connectivity index (χ4v) is 5.26. The number of alkyl carbamates (subject to hydrolysis) is 1. The third-order valence-electron chi connectivity index (χ3n) is 7.37. The molecule has 0 spiro atoms. The Balaban J connectivity index is 1.41. The van der Waals surface area contributed by atoms with Crippen LogP contribution in [-0.4, -0.2) is 53.7 Å². The van der Waals surface area contributed by atoms with Crippen molar-refractivity contribution in [1.82, 2.24) is 10.2 Å². The Hall–Kier alpha value is -3.35. The van der Waals surface area contributed by atoms with Gasteiger partial charge in [0, 0.05) is 19.0 Å². The summed E-state index contributed by atoms with van der Waals surface area (Å²) in [5.41, 5.74) is 4.56. The quantitative estimate of drug-likeness (QED) is 0.576. The predicted molar refractivity (Wildman–Crippen MR) is 133 cm³/mol. The van der Waals surface area contributed by atoms with Gasteiger partial charge in [-0.1, -0.05) is 75.2 Å². The SMILES string of the molecule is CCCC[C@H](NC(=O)OCC1c2ccccc2-c2ccccc21)C(=O)N1CCC(C)C(C(=O)O)C1. The number of likely N-dealkylation sites (tertiary alicyclic amines) is 1. The Kier molecular flexibility index (Phi) is 7.73. The van der Waals surface area contributed by atoms with Crippen molar-refractivity contribution in [3.8, 4) is 11.1 Å². The molecule has 0 aromatic heterocycles. The number of carbonyl (C=O) groups excluding carboxylic acids is 2. The van der Waals surface area contributed by atoms with Crippen molar-refractivity contribution in [2.45, 2.75) is 51.5 Å². The van der Waals surface area contributed by atoms with Gasteiger partial charge in [-0.2, -0.15) is 0 Å². The van der Waals surface area contributed by atoms with Crippen LogP contribution >= 0.6 is 0 Å². The van der Waals surface area contributed by atoms with Crippen LogP contribution in [0, 0.1) is 11.8 Å². The predicted octanol–water partition coefficient (Wildman–Crippen LogP) is 4.65. The summed E-state index contributed by atoms with van der Waals surface area (Å²) in [5, 5.41) is 12.3. The summed E-state index contributed by atoms with van der Waals surface area (Å²) >= 11 is 0. The van der Waals surface area contributed by atoms with E-state index in [1.807, 2.05) is 38.1 Å². The second-order valence-corrected chi connectivity index (χ2v) is 9.66. The molecule has 0 bridgehead atoms. The second-order valence-electron chi connectivity index (χ2n) is 9.66. The third-order valence-corrected chi connectivity index (χ3v) is 7.37. The highest BCUT2D eigenvalue weighted by Crippen LogP contribution is 2.44. The maximum Gasteiger partial charge on any atom is 0.407 e. The number of unbranched alkanes of at least 4 members (excludes halogenated alkanes) is 1. The van der Waals surface area contributed by atoms with Crippen LogP contribution in [0.15, 0.2) is 48.5 Å². The molecule has 2 unspecified atom stereocenters. The Morgan fingerprint density at radius 2 is 1.71 bits per heavy atom. The highest BCUT2D eigenvalue weighted by molar-refractivity contribution is 5.86. The Bertz CT molecular complexity index is 1040. The van der Waals surface area contributed by atoms with E-state index < -0.39 is 24.0 Å². The maximum absolute atomic E-state index is 13.3. The van der Waals surface area contributed by atoms with E-state index in [1.165, 1.54) is 0 Å². The molecule has 4 rings (SSSR count). The molecular weight excluding hydrogens is 444 g/mol. The highest BCUT2D eigenvalue weighted by atomic mass is 16.5. The molecule has 2 aliphatic rings. The van der Waals surface area contributed by atoms with Gasteiger partial charge in [0.1, 0.15) is 12.6 Å². The minimum absolute atomic E-state index is 0.0146. The number of fused-ring (bicyclic) bond motifs is 3. The van der Waals surface area contributed by atoms with E-state index >= 15 is 0 Å². The molecule has 2 aromatic carbocycles. The molecule has 1 aliphatic carbocycles. The smallest absolute Gasteiger partial charge is 0.407 e. The second kappa shape index (κ2) is 10.9. The highest BCUT2D eigenvalue weighted by Gasteiger charge is 2.36. The van der Waals surface area contributed by atoms with Gasteiger partial charge in [-0.05, 0) is 41.0 Å². The zero-order chi connectivity index (χ0) is 24.9. The number of piperidine rings is 1. The molecule has 1 aliphatic heterocycles. The lowest BCUT2D eigenvalue weighted by Gasteiger charge is -2.36. The number of nitrogens with zero attached hydrogens (tertiary/aromatic N) is 1. The number of carboxylic acid groups (broad SMARTS) is 1. The normalized spacial score (nSPS) is 20.0. The van der Waals surface area contributed by atoms with Crippen molar-refractivity contribution in [1.29, 1.82) is 0 Å². The average molecular weight is 479 g/mol. The molecule has 2 N–H and O–H groups in total. The lowest BCUT2D eigenvalue weighted by Crippen LogP contribution is -2.53. The molecular formula is C28H34N2O5. The molecule has 2 amide bonds. The molecule has 35 heavy (non-hydrogen) atoms. The molecule has 1 fully saturated rings. The molecule has 0 saturated carbocycles. The topological polar surface area (TPSA) is 95.9 Å². The molecule has 2 aromatic rings. The molecule has 7 heteroatoms. The molecule has 1 saturated heterocycles. The minimum atomic E-state index is -0.885.